The van der Waals surface area contributed by atoms with Crippen LogP contribution in [0.15, 0.2) is 23.2 Å². The van der Waals surface area contributed by atoms with Crippen LogP contribution in [-0.2, 0) is 11.3 Å². The highest BCUT2D eigenvalue weighted by Crippen LogP contribution is 2.32. The fourth-order valence-corrected chi connectivity index (χ4v) is 3.16. The maximum Gasteiger partial charge on any atom is 0.231 e. The number of ether oxygens (including phenoxy) is 3. The van der Waals surface area contributed by atoms with E-state index in [2.05, 4.69) is 32.2 Å². The molecule has 2 aliphatic heterocycles. The van der Waals surface area contributed by atoms with Gasteiger partial charge in [-0.25, -0.2) is 0 Å². The molecule has 25 heavy (non-hydrogen) atoms. The summed E-state index contributed by atoms with van der Waals surface area (Å²) in [5.74, 6) is 2.69. The number of hydrogen-bond acceptors (Lipinski definition) is 5. The Morgan fingerprint density at radius 3 is 2.76 bits per heavy atom. The minimum absolute atomic E-state index is 0.327. The summed E-state index contributed by atoms with van der Waals surface area (Å²) in [4.78, 5) is 9.19. The summed E-state index contributed by atoms with van der Waals surface area (Å²) >= 11 is 0. The average Bonchev–Trinajstić information content (AvgIpc) is 3.11. The van der Waals surface area contributed by atoms with Crippen LogP contribution in [0.5, 0.6) is 11.5 Å². The first kappa shape index (κ1) is 17.8. The number of guanidine groups is 1. The van der Waals surface area contributed by atoms with Gasteiger partial charge in [-0.3, -0.25) is 9.89 Å². The number of nitrogens with one attached hydrogen (secondary N) is 1. The van der Waals surface area contributed by atoms with Gasteiger partial charge in [-0.15, -0.1) is 0 Å². The standard InChI is InChI=1S/C18H28N4O3/c1-19-18(20-6-3-11-23-2)22-9-7-21(8-10-22)13-15-4-5-16-17(12-15)25-14-24-16/h4-5,12H,3,6-11,13-14H2,1-2H3,(H,19,20). The lowest BCUT2D eigenvalue weighted by Crippen LogP contribution is -2.52. The summed E-state index contributed by atoms with van der Waals surface area (Å²) in [6.45, 7) is 6.92. The Hall–Kier alpha value is -1.99. The SMILES string of the molecule is CN=C(NCCCOC)N1CCN(Cc2ccc3c(c2)OCO3)CC1. The highest BCUT2D eigenvalue weighted by Gasteiger charge is 2.20. The predicted octanol–water partition coefficient (Wildman–Crippen LogP) is 1.14. The van der Waals surface area contributed by atoms with Crippen LogP contribution >= 0.6 is 0 Å². The highest BCUT2D eigenvalue weighted by atomic mass is 16.7. The minimum atomic E-state index is 0.327. The molecule has 138 valence electrons. The van der Waals surface area contributed by atoms with Gasteiger partial charge in [0.15, 0.2) is 17.5 Å². The largest absolute Gasteiger partial charge is 0.454 e. The van der Waals surface area contributed by atoms with Crippen LogP contribution in [0, 0.1) is 0 Å². The first-order chi connectivity index (χ1) is 12.3. The van der Waals surface area contributed by atoms with Gasteiger partial charge in [-0.2, -0.15) is 0 Å². The Morgan fingerprint density at radius 2 is 2.00 bits per heavy atom. The Morgan fingerprint density at radius 1 is 1.20 bits per heavy atom. The normalized spacial score (nSPS) is 17.8. The molecule has 1 N–H and O–H groups in total. The van der Waals surface area contributed by atoms with Gasteiger partial charge in [0.25, 0.3) is 0 Å². The zero-order valence-electron chi connectivity index (χ0n) is 15.2. The number of rotatable bonds is 6. The highest BCUT2D eigenvalue weighted by molar-refractivity contribution is 5.79. The molecule has 1 fully saturated rings. The van der Waals surface area contributed by atoms with E-state index in [1.807, 2.05) is 13.1 Å². The summed E-state index contributed by atoms with van der Waals surface area (Å²) < 4.78 is 15.9. The maximum absolute atomic E-state index is 5.46. The number of hydrogen-bond donors (Lipinski definition) is 1. The Balaban J connectivity index is 1.45. The summed E-state index contributed by atoms with van der Waals surface area (Å²) in [5, 5.41) is 3.41. The second-order valence-electron chi connectivity index (χ2n) is 6.27. The molecule has 0 bridgehead atoms. The van der Waals surface area contributed by atoms with Crippen molar-refractivity contribution in [1.82, 2.24) is 15.1 Å². The average molecular weight is 348 g/mol. The monoisotopic (exact) mass is 348 g/mol. The first-order valence-electron chi connectivity index (χ1n) is 8.85. The molecule has 7 nitrogen and oxygen atoms in total. The third kappa shape index (κ3) is 4.76. The number of piperazine rings is 1. The Kier molecular flexibility index (Phi) is 6.36. The zero-order chi connectivity index (χ0) is 17.5. The van der Waals surface area contributed by atoms with E-state index in [0.29, 0.717) is 6.79 Å². The minimum Gasteiger partial charge on any atom is -0.454 e. The summed E-state index contributed by atoms with van der Waals surface area (Å²) in [7, 11) is 3.58. The van der Waals surface area contributed by atoms with E-state index in [0.717, 1.165) is 69.8 Å². The van der Waals surface area contributed by atoms with E-state index in [1.165, 1.54) is 5.56 Å². The van der Waals surface area contributed by atoms with Crippen molar-refractivity contribution in [3.8, 4) is 11.5 Å². The van der Waals surface area contributed by atoms with Crippen molar-refractivity contribution in [2.45, 2.75) is 13.0 Å². The van der Waals surface area contributed by atoms with Crippen LogP contribution in [0.1, 0.15) is 12.0 Å². The third-order valence-corrected chi connectivity index (χ3v) is 4.54. The molecule has 1 saturated heterocycles. The first-order valence-corrected chi connectivity index (χ1v) is 8.85. The quantitative estimate of drug-likeness (QED) is 0.473. The van der Waals surface area contributed by atoms with Crippen LogP contribution in [-0.4, -0.2) is 76.0 Å². The van der Waals surface area contributed by atoms with Gasteiger partial charge in [-0.1, -0.05) is 6.07 Å². The van der Waals surface area contributed by atoms with Gasteiger partial charge in [-0.05, 0) is 24.1 Å². The van der Waals surface area contributed by atoms with Crippen LogP contribution < -0.4 is 14.8 Å². The lowest BCUT2D eigenvalue weighted by atomic mass is 10.1. The molecule has 1 aromatic carbocycles. The second kappa shape index (κ2) is 8.92. The molecule has 0 radical (unpaired) electrons. The van der Waals surface area contributed by atoms with Crippen LogP contribution in [0.2, 0.25) is 0 Å². The summed E-state index contributed by atoms with van der Waals surface area (Å²) in [5.41, 5.74) is 1.26. The lowest BCUT2D eigenvalue weighted by Gasteiger charge is -2.36. The fraction of sp³-hybridized carbons (Fsp3) is 0.611. The molecule has 0 saturated carbocycles. The van der Waals surface area contributed by atoms with E-state index in [-0.39, 0.29) is 0 Å². The molecule has 2 heterocycles. The van der Waals surface area contributed by atoms with E-state index < -0.39 is 0 Å². The number of methoxy groups -OCH3 is 1. The van der Waals surface area contributed by atoms with Crippen molar-refractivity contribution in [2.24, 2.45) is 4.99 Å². The molecule has 2 aliphatic rings. The van der Waals surface area contributed by atoms with E-state index in [9.17, 15) is 0 Å². The maximum atomic E-state index is 5.46. The second-order valence-corrected chi connectivity index (χ2v) is 6.27. The molecule has 0 atom stereocenters. The molecular formula is C18H28N4O3. The smallest absolute Gasteiger partial charge is 0.231 e. The van der Waals surface area contributed by atoms with Crippen molar-refractivity contribution in [1.29, 1.82) is 0 Å². The van der Waals surface area contributed by atoms with Crippen LogP contribution in [0.4, 0.5) is 0 Å². The van der Waals surface area contributed by atoms with E-state index in [4.69, 9.17) is 14.2 Å². The van der Waals surface area contributed by atoms with E-state index >= 15 is 0 Å². The molecule has 1 aromatic rings. The molecule has 7 heteroatoms. The molecule has 0 aliphatic carbocycles. The van der Waals surface area contributed by atoms with Crippen molar-refractivity contribution in [3.63, 3.8) is 0 Å². The molecule has 0 spiro atoms. The van der Waals surface area contributed by atoms with Gasteiger partial charge in [0.05, 0.1) is 0 Å². The van der Waals surface area contributed by atoms with Gasteiger partial charge in [0.1, 0.15) is 0 Å². The van der Waals surface area contributed by atoms with Crippen molar-refractivity contribution in [3.05, 3.63) is 23.8 Å². The van der Waals surface area contributed by atoms with Crippen LogP contribution in [0.3, 0.4) is 0 Å². The molecule has 0 amide bonds. The summed E-state index contributed by atoms with van der Waals surface area (Å²) in [6, 6.07) is 6.21. The van der Waals surface area contributed by atoms with Gasteiger partial charge < -0.3 is 24.4 Å². The van der Waals surface area contributed by atoms with Gasteiger partial charge >= 0.3 is 0 Å². The van der Waals surface area contributed by atoms with Crippen LogP contribution in [0.25, 0.3) is 0 Å². The van der Waals surface area contributed by atoms with E-state index in [1.54, 1.807) is 7.11 Å². The topological polar surface area (TPSA) is 58.6 Å². The Labute approximate surface area is 149 Å². The lowest BCUT2D eigenvalue weighted by molar-refractivity contribution is 0.170. The van der Waals surface area contributed by atoms with Crippen molar-refractivity contribution < 1.29 is 14.2 Å². The van der Waals surface area contributed by atoms with Gasteiger partial charge in [0.2, 0.25) is 6.79 Å². The number of fused-ring (bicyclic) bond motifs is 1. The summed E-state index contributed by atoms with van der Waals surface area (Å²) in [6.07, 6.45) is 0.986. The fourth-order valence-electron chi connectivity index (χ4n) is 3.16. The number of benzene rings is 1. The molecule has 0 aromatic heterocycles. The zero-order valence-corrected chi connectivity index (χ0v) is 15.2. The van der Waals surface area contributed by atoms with Crippen molar-refractivity contribution in [2.75, 3.05) is 60.3 Å². The molecular weight excluding hydrogens is 320 g/mol. The van der Waals surface area contributed by atoms with Crippen molar-refractivity contribution >= 4 is 5.96 Å². The molecule has 0 unspecified atom stereocenters. The van der Waals surface area contributed by atoms with Gasteiger partial charge in [0, 0.05) is 60.0 Å². The predicted molar refractivity (Wildman–Crippen MR) is 97.3 cm³/mol. The Bertz CT molecular complexity index is 586. The third-order valence-electron chi connectivity index (χ3n) is 4.54. The number of nitrogens with zero attached hydrogens (tertiary/aromatic N) is 3. The number of aliphatic imine (C=N–C) groups is 1. The molecule has 3 rings (SSSR count).